The average molecular weight is 521 g/mol. The van der Waals surface area contributed by atoms with Crippen molar-refractivity contribution in [1.29, 1.82) is 0 Å². The van der Waals surface area contributed by atoms with Crippen LogP contribution in [0.5, 0.6) is 0 Å². The van der Waals surface area contributed by atoms with Crippen molar-refractivity contribution in [3.8, 4) is 11.1 Å². The third kappa shape index (κ3) is 6.28. The van der Waals surface area contributed by atoms with Gasteiger partial charge < -0.3 is 10.4 Å². The molecule has 0 heterocycles. The highest BCUT2D eigenvalue weighted by Gasteiger charge is 2.24. The first-order valence-corrected chi connectivity index (χ1v) is 12.4. The van der Waals surface area contributed by atoms with E-state index in [1.807, 2.05) is 0 Å². The first-order chi connectivity index (χ1) is 16.0. The zero-order chi connectivity index (χ0) is 25.0. The topological polar surface area (TPSA) is 113 Å². The number of nitrogens with one attached hydrogen (secondary N) is 2. The Hall–Kier alpha value is -3.07. The van der Waals surface area contributed by atoms with Gasteiger partial charge in [0.2, 0.25) is 0 Å². The first-order valence-electron chi connectivity index (χ1n) is 10.2. The van der Waals surface area contributed by atoms with Crippen LogP contribution in [0.2, 0.25) is 10.0 Å². The zero-order valence-electron chi connectivity index (χ0n) is 18.2. The van der Waals surface area contributed by atoms with Gasteiger partial charge in [0, 0.05) is 21.3 Å². The molecule has 1 atom stereocenters. The minimum atomic E-state index is -3.92. The van der Waals surface area contributed by atoms with E-state index in [2.05, 4.69) is 10.0 Å². The molecule has 0 bridgehead atoms. The molecule has 0 unspecified atom stereocenters. The second kappa shape index (κ2) is 10.5. The lowest BCUT2D eigenvalue weighted by Gasteiger charge is -2.18. The van der Waals surface area contributed by atoms with Crippen molar-refractivity contribution in [2.75, 3.05) is 4.72 Å². The predicted molar refractivity (Wildman–Crippen MR) is 133 cm³/mol. The van der Waals surface area contributed by atoms with Crippen LogP contribution in [0.15, 0.2) is 71.6 Å². The number of benzene rings is 3. The van der Waals surface area contributed by atoms with Gasteiger partial charge in [-0.3, -0.25) is 9.52 Å². The summed E-state index contributed by atoms with van der Waals surface area (Å²) in [5.41, 5.74) is 2.09. The molecule has 34 heavy (non-hydrogen) atoms. The standard InChI is InChI=1S/C24H22Cl2N2O5S/c1-14(2)22(24(30)31)27-23(29)16-8-6-15(7-9-16)17-4-3-5-20(10-17)28-34(32,33)21-12-18(25)11-19(26)13-21/h3-14,22,28H,1-2H3,(H,27,29)(H,30,31)/t22-/m0/s1. The molecule has 3 N–H and O–H groups in total. The molecular formula is C24H22Cl2N2O5S. The van der Waals surface area contributed by atoms with Crippen LogP contribution >= 0.6 is 23.2 Å². The van der Waals surface area contributed by atoms with Gasteiger partial charge in [0.15, 0.2) is 0 Å². The summed E-state index contributed by atoms with van der Waals surface area (Å²) >= 11 is 11.8. The van der Waals surface area contributed by atoms with Crippen LogP contribution in [0.25, 0.3) is 11.1 Å². The van der Waals surface area contributed by atoms with Gasteiger partial charge in [0.1, 0.15) is 6.04 Å². The van der Waals surface area contributed by atoms with Gasteiger partial charge in [-0.2, -0.15) is 0 Å². The smallest absolute Gasteiger partial charge is 0.326 e. The summed E-state index contributed by atoms with van der Waals surface area (Å²) in [5, 5.41) is 12.2. The SMILES string of the molecule is CC(C)[C@H](NC(=O)c1ccc(-c2cccc(NS(=O)(=O)c3cc(Cl)cc(Cl)c3)c2)cc1)C(=O)O. The molecule has 0 aliphatic rings. The summed E-state index contributed by atoms with van der Waals surface area (Å²) in [6.45, 7) is 3.43. The predicted octanol–water partition coefficient (Wildman–Crippen LogP) is 5.30. The second-order valence-electron chi connectivity index (χ2n) is 7.90. The maximum atomic E-state index is 12.7. The molecule has 3 rings (SSSR count). The Kier molecular flexibility index (Phi) is 7.86. The summed E-state index contributed by atoms with van der Waals surface area (Å²) in [6.07, 6.45) is 0. The van der Waals surface area contributed by atoms with Gasteiger partial charge in [-0.05, 0) is 59.5 Å². The zero-order valence-corrected chi connectivity index (χ0v) is 20.6. The summed E-state index contributed by atoms with van der Waals surface area (Å²) in [6, 6.07) is 16.4. The normalized spacial score (nSPS) is 12.3. The number of aliphatic carboxylic acids is 1. The highest BCUT2D eigenvalue weighted by molar-refractivity contribution is 7.92. The number of carbonyl (C=O) groups excluding carboxylic acids is 1. The molecule has 0 saturated heterocycles. The minimum absolute atomic E-state index is 0.0631. The number of anilines is 1. The molecule has 1 amide bonds. The van der Waals surface area contributed by atoms with Crippen LogP contribution in [0.1, 0.15) is 24.2 Å². The van der Waals surface area contributed by atoms with Crippen molar-refractivity contribution >= 4 is 50.8 Å². The van der Waals surface area contributed by atoms with E-state index in [9.17, 15) is 23.1 Å². The third-order valence-corrected chi connectivity index (χ3v) is 6.76. The van der Waals surface area contributed by atoms with Crippen molar-refractivity contribution in [2.45, 2.75) is 24.8 Å². The average Bonchev–Trinajstić information content (AvgIpc) is 2.76. The Morgan fingerprint density at radius 3 is 2.06 bits per heavy atom. The van der Waals surface area contributed by atoms with Gasteiger partial charge in [0.05, 0.1) is 4.90 Å². The van der Waals surface area contributed by atoms with Crippen LogP contribution in [-0.4, -0.2) is 31.4 Å². The highest BCUT2D eigenvalue weighted by atomic mass is 35.5. The number of amides is 1. The van der Waals surface area contributed by atoms with Crippen molar-refractivity contribution in [2.24, 2.45) is 5.92 Å². The number of sulfonamides is 1. The Balaban J connectivity index is 1.79. The van der Waals surface area contributed by atoms with E-state index in [4.69, 9.17) is 23.2 Å². The molecule has 3 aromatic rings. The quantitative estimate of drug-likeness (QED) is 0.373. The number of hydrogen-bond acceptors (Lipinski definition) is 4. The largest absolute Gasteiger partial charge is 0.480 e. The Bertz CT molecular complexity index is 1310. The van der Waals surface area contributed by atoms with Crippen LogP contribution < -0.4 is 10.0 Å². The molecule has 0 aromatic heterocycles. The van der Waals surface area contributed by atoms with Crippen LogP contribution in [0.3, 0.4) is 0 Å². The van der Waals surface area contributed by atoms with Crippen molar-refractivity contribution < 1.29 is 23.1 Å². The summed E-state index contributed by atoms with van der Waals surface area (Å²) < 4.78 is 28.0. The fraction of sp³-hybridized carbons (Fsp3) is 0.167. The minimum Gasteiger partial charge on any atom is -0.480 e. The number of carboxylic acids is 1. The van der Waals surface area contributed by atoms with E-state index in [1.165, 1.54) is 18.2 Å². The lowest BCUT2D eigenvalue weighted by atomic mass is 10.0. The second-order valence-corrected chi connectivity index (χ2v) is 10.5. The van der Waals surface area contributed by atoms with E-state index in [0.717, 1.165) is 5.56 Å². The number of carboxylic acid groups (broad SMARTS) is 1. The first kappa shape index (κ1) is 25.6. The van der Waals surface area contributed by atoms with Crippen LogP contribution in [0, 0.1) is 5.92 Å². The number of hydrogen-bond donors (Lipinski definition) is 3. The Morgan fingerprint density at radius 1 is 0.882 bits per heavy atom. The Morgan fingerprint density at radius 2 is 1.50 bits per heavy atom. The summed E-state index contributed by atoms with van der Waals surface area (Å²) in [5.74, 6) is -1.86. The fourth-order valence-corrected chi connectivity index (χ4v) is 4.99. The van der Waals surface area contributed by atoms with Gasteiger partial charge in [-0.15, -0.1) is 0 Å². The monoisotopic (exact) mass is 520 g/mol. The Labute approximate surface area is 207 Å². The molecule has 0 aliphatic heterocycles. The summed E-state index contributed by atoms with van der Waals surface area (Å²) in [4.78, 5) is 23.7. The lowest BCUT2D eigenvalue weighted by molar-refractivity contribution is -0.140. The highest BCUT2D eigenvalue weighted by Crippen LogP contribution is 2.27. The number of halogens is 2. The number of carbonyl (C=O) groups is 2. The van der Waals surface area contributed by atoms with E-state index in [1.54, 1.807) is 62.4 Å². The summed E-state index contributed by atoms with van der Waals surface area (Å²) in [7, 11) is -3.92. The van der Waals surface area contributed by atoms with Gasteiger partial charge in [-0.1, -0.05) is 61.3 Å². The van der Waals surface area contributed by atoms with E-state index >= 15 is 0 Å². The van der Waals surface area contributed by atoms with Gasteiger partial charge in [0.25, 0.3) is 15.9 Å². The molecule has 0 aliphatic carbocycles. The van der Waals surface area contributed by atoms with Gasteiger partial charge >= 0.3 is 5.97 Å². The van der Waals surface area contributed by atoms with E-state index in [-0.39, 0.29) is 20.9 Å². The van der Waals surface area contributed by atoms with Crippen LogP contribution in [-0.2, 0) is 14.8 Å². The maximum Gasteiger partial charge on any atom is 0.326 e. The fourth-order valence-electron chi connectivity index (χ4n) is 3.21. The van der Waals surface area contributed by atoms with E-state index < -0.39 is 27.9 Å². The van der Waals surface area contributed by atoms with Gasteiger partial charge in [-0.25, -0.2) is 13.2 Å². The molecule has 10 heteroatoms. The van der Waals surface area contributed by atoms with E-state index in [0.29, 0.717) is 16.8 Å². The number of rotatable bonds is 8. The maximum absolute atomic E-state index is 12.7. The molecule has 0 radical (unpaired) electrons. The molecule has 7 nitrogen and oxygen atoms in total. The molecular weight excluding hydrogens is 499 g/mol. The molecule has 0 fully saturated rings. The molecule has 0 saturated carbocycles. The van der Waals surface area contributed by atoms with Crippen molar-refractivity contribution in [1.82, 2.24) is 5.32 Å². The molecule has 3 aromatic carbocycles. The molecule has 0 spiro atoms. The van der Waals surface area contributed by atoms with Crippen molar-refractivity contribution in [3.63, 3.8) is 0 Å². The molecule has 178 valence electrons. The third-order valence-electron chi connectivity index (χ3n) is 4.96. The van der Waals surface area contributed by atoms with Crippen LogP contribution in [0.4, 0.5) is 5.69 Å². The van der Waals surface area contributed by atoms with Crippen molar-refractivity contribution in [3.05, 3.63) is 82.3 Å². The lowest BCUT2D eigenvalue weighted by Crippen LogP contribution is -2.44.